The number of benzene rings is 1. The minimum absolute atomic E-state index is 0.266. The first-order valence-corrected chi connectivity index (χ1v) is 5.98. The first-order valence-electron chi connectivity index (χ1n) is 5.98. The zero-order chi connectivity index (χ0) is 11.5. The Kier molecular flexibility index (Phi) is 3.28. The number of hydrogen-bond donors (Lipinski definition) is 0. The van der Waals surface area contributed by atoms with Gasteiger partial charge in [-0.15, -0.1) is 0 Å². The van der Waals surface area contributed by atoms with Gasteiger partial charge in [0.1, 0.15) is 0 Å². The SMILES string of the molecule is C[C@@H]1CN(C(=O)Cc2ccccc2)C[C@@H]1C. The van der Waals surface area contributed by atoms with E-state index in [-0.39, 0.29) is 5.91 Å². The average Bonchev–Trinajstić information content (AvgIpc) is 2.61. The maximum Gasteiger partial charge on any atom is 0.227 e. The van der Waals surface area contributed by atoms with Gasteiger partial charge in [0.25, 0.3) is 0 Å². The summed E-state index contributed by atoms with van der Waals surface area (Å²) in [5, 5.41) is 0. The van der Waals surface area contributed by atoms with Crippen molar-refractivity contribution in [3.63, 3.8) is 0 Å². The Morgan fingerprint density at radius 3 is 2.31 bits per heavy atom. The van der Waals surface area contributed by atoms with E-state index in [2.05, 4.69) is 13.8 Å². The minimum Gasteiger partial charge on any atom is -0.342 e. The van der Waals surface area contributed by atoms with Crippen molar-refractivity contribution in [1.29, 1.82) is 0 Å². The van der Waals surface area contributed by atoms with E-state index in [0.29, 0.717) is 18.3 Å². The molecule has 0 radical (unpaired) electrons. The molecule has 2 rings (SSSR count). The Balaban J connectivity index is 1.95. The van der Waals surface area contributed by atoms with E-state index in [0.717, 1.165) is 18.7 Å². The highest BCUT2D eigenvalue weighted by Crippen LogP contribution is 2.22. The number of amides is 1. The van der Waals surface area contributed by atoms with Crippen molar-refractivity contribution in [3.05, 3.63) is 35.9 Å². The van der Waals surface area contributed by atoms with Crippen LogP contribution in [0.4, 0.5) is 0 Å². The summed E-state index contributed by atoms with van der Waals surface area (Å²) in [6.07, 6.45) is 0.542. The lowest BCUT2D eigenvalue weighted by Crippen LogP contribution is -2.30. The molecule has 0 aromatic heterocycles. The molecule has 1 heterocycles. The van der Waals surface area contributed by atoms with Gasteiger partial charge >= 0.3 is 0 Å². The smallest absolute Gasteiger partial charge is 0.227 e. The number of likely N-dealkylation sites (tertiary alicyclic amines) is 1. The van der Waals surface area contributed by atoms with Gasteiger partial charge in [-0.2, -0.15) is 0 Å². The van der Waals surface area contributed by atoms with Crippen molar-refractivity contribution >= 4 is 5.91 Å². The Hall–Kier alpha value is -1.31. The summed E-state index contributed by atoms with van der Waals surface area (Å²) in [7, 11) is 0. The quantitative estimate of drug-likeness (QED) is 0.744. The second-order valence-electron chi connectivity index (χ2n) is 4.92. The van der Waals surface area contributed by atoms with E-state index in [1.807, 2.05) is 35.2 Å². The van der Waals surface area contributed by atoms with E-state index in [1.54, 1.807) is 0 Å². The van der Waals surface area contributed by atoms with Crippen LogP contribution in [0.1, 0.15) is 19.4 Å². The van der Waals surface area contributed by atoms with Crippen molar-refractivity contribution in [2.75, 3.05) is 13.1 Å². The Morgan fingerprint density at radius 2 is 1.75 bits per heavy atom. The highest BCUT2D eigenvalue weighted by molar-refractivity contribution is 5.79. The lowest BCUT2D eigenvalue weighted by Gasteiger charge is -2.15. The van der Waals surface area contributed by atoms with Gasteiger partial charge in [-0.05, 0) is 17.4 Å². The third-order valence-electron chi connectivity index (χ3n) is 3.54. The molecular formula is C14H19NO. The van der Waals surface area contributed by atoms with Crippen LogP contribution >= 0.6 is 0 Å². The van der Waals surface area contributed by atoms with Crippen molar-refractivity contribution in [3.8, 4) is 0 Å². The van der Waals surface area contributed by atoms with Crippen molar-refractivity contribution in [2.24, 2.45) is 11.8 Å². The number of hydrogen-bond acceptors (Lipinski definition) is 1. The summed E-state index contributed by atoms with van der Waals surface area (Å²) < 4.78 is 0. The normalized spacial score (nSPS) is 24.8. The van der Waals surface area contributed by atoms with Crippen molar-refractivity contribution in [2.45, 2.75) is 20.3 Å². The van der Waals surface area contributed by atoms with Crippen LogP contribution < -0.4 is 0 Å². The summed E-state index contributed by atoms with van der Waals surface area (Å²) >= 11 is 0. The van der Waals surface area contributed by atoms with Crippen LogP contribution in [0.25, 0.3) is 0 Å². The minimum atomic E-state index is 0.266. The fourth-order valence-corrected chi connectivity index (χ4v) is 2.22. The predicted octanol–water partition coefficient (Wildman–Crippen LogP) is 2.34. The molecule has 2 atom stereocenters. The van der Waals surface area contributed by atoms with Crippen LogP contribution in [0, 0.1) is 11.8 Å². The Labute approximate surface area is 97.3 Å². The van der Waals surface area contributed by atoms with Crippen LogP contribution in [0.15, 0.2) is 30.3 Å². The van der Waals surface area contributed by atoms with Gasteiger partial charge in [0, 0.05) is 13.1 Å². The summed E-state index contributed by atoms with van der Waals surface area (Å²) in [6.45, 7) is 6.29. The molecule has 0 unspecified atom stereocenters. The molecule has 1 aliphatic rings. The van der Waals surface area contributed by atoms with Gasteiger partial charge in [-0.25, -0.2) is 0 Å². The van der Waals surface area contributed by atoms with Crippen LogP contribution in [-0.2, 0) is 11.2 Å². The van der Waals surface area contributed by atoms with E-state index in [9.17, 15) is 4.79 Å². The Bertz CT molecular complexity index is 350. The molecule has 0 saturated carbocycles. The zero-order valence-electron chi connectivity index (χ0n) is 10.0. The predicted molar refractivity (Wildman–Crippen MR) is 65.1 cm³/mol. The molecule has 0 bridgehead atoms. The second-order valence-corrected chi connectivity index (χ2v) is 4.92. The lowest BCUT2D eigenvalue weighted by molar-refractivity contribution is -0.129. The van der Waals surface area contributed by atoms with Crippen LogP contribution in [0.2, 0.25) is 0 Å². The van der Waals surface area contributed by atoms with Crippen molar-refractivity contribution < 1.29 is 4.79 Å². The number of rotatable bonds is 2. The molecule has 1 saturated heterocycles. The largest absolute Gasteiger partial charge is 0.342 e. The molecule has 1 aromatic rings. The van der Waals surface area contributed by atoms with Crippen molar-refractivity contribution in [1.82, 2.24) is 4.90 Å². The summed E-state index contributed by atoms with van der Waals surface area (Å²) in [5.41, 5.74) is 1.11. The summed E-state index contributed by atoms with van der Waals surface area (Å²) in [5.74, 6) is 1.54. The summed E-state index contributed by atoms with van der Waals surface area (Å²) in [4.78, 5) is 14.0. The Morgan fingerprint density at radius 1 is 1.19 bits per heavy atom. The maximum atomic E-state index is 12.0. The van der Waals surface area contributed by atoms with E-state index in [1.165, 1.54) is 0 Å². The monoisotopic (exact) mass is 217 g/mol. The third-order valence-corrected chi connectivity index (χ3v) is 3.54. The molecule has 2 nitrogen and oxygen atoms in total. The molecule has 86 valence electrons. The topological polar surface area (TPSA) is 20.3 Å². The molecule has 16 heavy (non-hydrogen) atoms. The lowest BCUT2D eigenvalue weighted by atomic mass is 10.0. The van der Waals surface area contributed by atoms with Crippen LogP contribution in [0.3, 0.4) is 0 Å². The van der Waals surface area contributed by atoms with Gasteiger partial charge in [0.05, 0.1) is 6.42 Å². The average molecular weight is 217 g/mol. The summed E-state index contributed by atoms with van der Waals surface area (Å²) in [6, 6.07) is 9.98. The maximum absolute atomic E-state index is 12.0. The van der Waals surface area contributed by atoms with Gasteiger partial charge in [0.2, 0.25) is 5.91 Å². The first kappa shape index (κ1) is 11.2. The zero-order valence-corrected chi connectivity index (χ0v) is 10.0. The van der Waals surface area contributed by atoms with Crippen LogP contribution in [-0.4, -0.2) is 23.9 Å². The molecule has 0 aliphatic carbocycles. The molecule has 1 aromatic carbocycles. The fourth-order valence-electron chi connectivity index (χ4n) is 2.22. The molecular weight excluding hydrogens is 198 g/mol. The van der Waals surface area contributed by atoms with Crippen LogP contribution in [0.5, 0.6) is 0 Å². The van der Waals surface area contributed by atoms with Gasteiger partial charge in [-0.3, -0.25) is 4.79 Å². The number of carbonyl (C=O) groups excluding carboxylic acids is 1. The fraction of sp³-hybridized carbons (Fsp3) is 0.500. The molecule has 0 spiro atoms. The molecule has 1 fully saturated rings. The highest BCUT2D eigenvalue weighted by Gasteiger charge is 2.28. The van der Waals surface area contributed by atoms with Gasteiger partial charge in [-0.1, -0.05) is 44.2 Å². The van der Waals surface area contributed by atoms with E-state index in [4.69, 9.17) is 0 Å². The van der Waals surface area contributed by atoms with E-state index < -0.39 is 0 Å². The van der Waals surface area contributed by atoms with Gasteiger partial charge < -0.3 is 4.90 Å². The molecule has 1 aliphatic heterocycles. The number of carbonyl (C=O) groups is 1. The van der Waals surface area contributed by atoms with Gasteiger partial charge in [0.15, 0.2) is 0 Å². The second kappa shape index (κ2) is 4.69. The molecule has 0 N–H and O–H groups in total. The third kappa shape index (κ3) is 2.43. The highest BCUT2D eigenvalue weighted by atomic mass is 16.2. The molecule has 1 amide bonds. The standard InChI is InChI=1S/C14H19NO/c1-11-9-15(10-12(11)2)14(16)8-13-6-4-3-5-7-13/h3-7,11-12H,8-10H2,1-2H3/t11-,12+. The molecule has 2 heteroatoms. The number of nitrogens with zero attached hydrogens (tertiary/aromatic N) is 1. The first-order chi connectivity index (χ1) is 7.66. The van der Waals surface area contributed by atoms with E-state index >= 15 is 0 Å².